The van der Waals surface area contributed by atoms with Crippen molar-refractivity contribution < 1.29 is 0 Å². The van der Waals surface area contributed by atoms with Gasteiger partial charge in [0.25, 0.3) is 0 Å². The van der Waals surface area contributed by atoms with Gasteiger partial charge in [-0.1, -0.05) is 23.7 Å². The van der Waals surface area contributed by atoms with Crippen molar-refractivity contribution in [1.82, 2.24) is 4.90 Å². The molecule has 0 amide bonds. The van der Waals surface area contributed by atoms with Crippen LogP contribution >= 0.6 is 23.4 Å². The zero-order valence-corrected chi connectivity index (χ0v) is 12.4. The predicted molar refractivity (Wildman–Crippen MR) is 81.4 cm³/mol. The predicted octanol–water partition coefficient (Wildman–Crippen LogP) is 3.17. The van der Waals surface area contributed by atoms with Crippen LogP contribution in [0, 0.1) is 0 Å². The van der Waals surface area contributed by atoms with E-state index in [4.69, 9.17) is 17.3 Å². The molecule has 0 radical (unpaired) electrons. The molecule has 0 bridgehead atoms. The second-order valence-electron chi connectivity index (χ2n) is 4.91. The van der Waals surface area contributed by atoms with Crippen LogP contribution in [-0.2, 0) is 0 Å². The van der Waals surface area contributed by atoms with Gasteiger partial charge >= 0.3 is 0 Å². The van der Waals surface area contributed by atoms with E-state index in [1.54, 1.807) is 0 Å². The average Bonchev–Trinajstić information content (AvgIpc) is 2.38. The highest BCUT2D eigenvalue weighted by molar-refractivity contribution is 7.99. The van der Waals surface area contributed by atoms with Crippen LogP contribution < -0.4 is 5.73 Å². The summed E-state index contributed by atoms with van der Waals surface area (Å²) in [5, 5.41) is 0.771. The Hall–Kier alpha value is -0.220. The van der Waals surface area contributed by atoms with Gasteiger partial charge in [0.1, 0.15) is 0 Å². The van der Waals surface area contributed by atoms with Gasteiger partial charge < -0.3 is 5.73 Å². The molecule has 4 heteroatoms. The summed E-state index contributed by atoms with van der Waals surface area (Å²) in [4.78, 5) is 2.55. The molecule has 18 heavy (non-hydrogen) atoms. The van der Waals surface area contributed by atoms with E-state index in [1.165, 1.54) is 23.6 Å². The van der Waals surface area contributed by atoms with Crippen molar-refractivity contribution in [2.24, 2.45) is 5.73 Å². The minimum absolute atomic E-state index is 0.115. The van der Waals surface area contributed by atoms with Crippen molar-refractivity contribution in [1.29, 1.82) is 0 Å². The van der Waals surface area contributed by atoms with Crippen molar-refractivity contribution in [3.8, 4) is 0 Å². The zero-order valence-electron chi connectivity index (χ0n) is 10.8. The molecule has 1 heterocycles. The fourth-order valence-electron chi connectivity index (χ4n) is 2.28. The van der Waals surface area contributed by atoms with E-state index in [2.05, 4.69) is 23.6 Å². The Morgan fingerprint density at radius 2 is 2.17 bits per heavy atom. The molecule has 1 fully saturated rings. The third-order valence-electron chi connectivity index (χ3n) is 3.53. The molecule has 1 aliphatic heterocycles. The quantitative estimate of drug-likeness (QED) is 0.921. The van der Waals surface area contributed by atoms with Crippen LogP contribution in [0.25, 0.3) is 0 Å². The molecule has 2 atom stereocenters. The average molecular weight is 285 g/mol. The largest absolute Gasteiger partial charge is 0.324 e. The molecule has 2 rings (SSSR count). The molecule has 2 unspecified atom stereocenters. The second-order valence-corrected chi connectivity index (χ2v) is 6.49. The maximum absolute atomic E-state index is 6.23. The smallest absolute Gasteiger partial charge is 0.0406 e. The maximum atomic E-state index is 6.23. The van der Waals surface area contributed by atoms with Gasteiger partial charge in [-0.2, -0.15) is 11.8 Å². The maximum Gasteiger partial charge on any atom is 0.0406 e. The number of rotatable bonds is 4. The first-order chi connectivity index (χ1) is 8.66. The standard InChI is InChI=1S/C14H21ClN2S/c1-11-10-18-9-8-17(11)7-6-14(16)12-2-4-13(15)5-3-12/h2-5,11,14H,6-10,16H2,1H3. The van der Waals surface area contributed by atoms with Crippen molar-refractivity contribution in [3.63, 3.8) is 0 Å². The van der Waals surface area contributed by atoms with Crippen LogP contribution in [0.1, 0.15) is 24.9 Å². The Morgan fingerprint density at radius 3 is 2.83 bits per heavy atom. The Balaban J connectivity index is 1.83. The van der Waals surface area contributed by atoms with E-state index in [1.807, 2.05) is 24.3 Å². The first-order valence-electron chi connectivity index (χ1n) is 6.49. The summed E-state index contributed by atoms with van der Waals surface area (Å²) in [6, 6.07) is 8.68. The van der Waals surface area contributed by atoms with E-state index in [-0.39, 0.29) is 6.04 Å². The molecular weight excluding hydrogens is 264 g/mol. The molecule has 100 valence electrons. The summed E-state index contributed by atoms with van der Waals surface area (Å²) >= 11 is 7.93. The minimum Gasteiger partial charge on any atom is -0.324 e. The molecule has 1 aromatic carbocycles. The highest BCUT2D eigenvalue weighted by Crippen LogP contribution is 2.20. The number of hydrogen-bond donors (Lipinski definition) is 1. The number of halogens is 1. The summed E-state index contributed by atoms with van der Waals surface area (Å²) < 4.78 is 0. The zero-order chi connectivity index (χ0) is 13.0. The van der Waals surface area contributed by atoms with Gasteiger partial charge in [0.05, 0.1) is 0 Å². The van der Waals surface area contributed by atoms with Crippen LogP contribution in [0.4, 0.5) is 0 Å². The first kappa shape index (κ1) is 14.2. The fourth-order valence-corrected chi connectivity index (χ4v) is 3.48. The van der Waals surface area contributed by atoms with Gasteiger partial charge in [-0.25, -0.2) is 0 Å². The molecule has 0 aromatic heterocycles. The van der Waals surface area contributed by atoms with Crippen LogP contribution in [0.5, 0.6) is 0 Å². The molecule has 0 aliphatic carbocycles. The van der Waals surface area contributed by atoms with Crippen LogP contribution in [0.15, 0.2) is 24.3 Å². The Labute approximate surface area is 119 Å². The Bertz CT molecular complexity index is 369. The van der Waals surface area contributed by atoms with E-state index < -0.39 is 0 Å². The lowest BCUT2D eigenvalue weighted by Gasteiger charge is -2.33. The third-order valence-corrected chi connectivity index (χ3v) is 4.97. The third kappa shape index (κ3) is 3.89. The highest BCUT2D eigenvalue weighted by Gasteiger charge is 2.19. The number of nitrogens with zero attached hydrogens (tertiary/aromatic N) is 1. The summed E-state index contributed by atoms with van der Waals surface area (Å²) in [6.07, 6.45) is 1.01. The Kier molecular flexibility index (Phi) is 5.37. The molecule has 0 saturated carbocycles. The van der Waals surface area contributed by atoms with E-state index in [0.717, 1.165) is 18.0 Å². The fraction of sp³-hybridized carbons (Fsp3) is 0.571. The molecule has 0 spiro atoms. The van der Waals surface area contributed by atoms with Crippen molar-refractivity contribution in [2.75, 3.05) is 24.6 Å². The van der Waals surface area contributed by atoms with E-state index in [0.29, 0.717) is 6.04 Å². The lowest BCUT2D eigenvalue weighted by molar-refractivity contribution is 0.224. The first-order valence-corrected chi connectivity index (χ1v) is 8.03. The number of nitrogens with two attached hydrogens (primary N) is 1. The van der Waals surface area contributed by atoms with Crippen LogP contribution in [0.3, 0.4) is 0 Å². The lowest BCUT2D eigenvalue weighted by atomic mass is 10.0. The van der Waals surface area contributed by atoms with Gasteiger partial charge in [-0.05, 0) is 31.0 Å². The molecule has 1 aromatic rings. The van der Waals surface area contributed by atoms with Gasteiger partial charge in [0.2, 0.25) is 0 Å². The van der Waals surface area contributed by atoms with Crippen molar-refractivity contribution in [2.45, 2.75) is 25.4 Å². The summed E-state index contributed by atoms with van der Waals surface area (Å²) in [5.74, 6) is 2.50. The monoisotopic (exact) mass is 284 g/mol. The van der Waals surface area contributed by atoms with Crippen molar-refractivity contribution in [3.05, 3.63) is 34.9 Å². The second kappa shape index (κ2) is 6.80. The normalized spacial score (nSPS) is 22.9. The topological polar surface area (TPSA) is 29.3 Å². The lowest BCUT2D eigenvalue weighted by Crippen LogP contribution is -2.41. The van der Waals surface area contributed by atoms with Crippen molar-refractivity contribution >= 4 is 23.4 Å². The molecular formula is C14H21ClN2S. The molecule has 1 aliphatic rings. The van der Waals surface area contributed by atoms with Gasteiger partial charge in [-0.15, -0.1) is 0 Å². The van der Waals surface area contributed by atoms with Gasteiger partial charge in [-0.3, -0.25) is 4.90 Å². The molecule has 2 nitrogen and oxygen atoms in total. The summed E-state index contributed by atoms with van der Waals surface area (Å²) in [7, 11) is 0. The summed E-state index contributed by atoms with van der Waals surface area (Å²) in [6.45, 7) is 4.59. The van der Waals surface area contributed by atoms with E-state index in [9.17, 15) is 0 Å². The van der Waals surface area contributed by atoms with E-state index >= 15 is 0 Å². The molecule has 2 N–H and O–H groups in total. The number of benzene rings is 1. The Morgan fingerprint density at radius 1 is 1.44 bits per heavy atom. The summed E-state index contributed by atoms with van der Waals surface area (Å²) in [5.41, 5.74) is 7.41. The minimum atomic E-state index is 0.115. The van der Waals surface area contributed by atoms with Crippen LogP contribution in [-0.4, -0.2) is 35.5 Å². The SMILES string of the molecule is CC1CSCCN1CCC(N)c1ccc(Cl)cc1. The van der Waals surface area contributed by atoms with Gasteiger partial charge in [0, 0.05) is 41.7 Å². The van der Waals surface area contributed by atoms with Crippen LogP contribution in [0.2, 0.25) is 5.02 Å². The van der Waals surface area contributed by atoms with Gasteiger partial charge in [0.15, 0.2) is 0 Å². The molecule has 1 saturated heterocycles. The highest BCUT2D eigenvalue weighted by atomic mass is 35.5. The number of thioether (sulfide) groups is 1. The number of hydrogen-bond acceptors (Lipinski definition) is 3.